The standard InChI is InChI=1S/C21H27N3O.ClH/c1-23(21(25)20-9-7-17(13-22)8-10-20)14-19-11-12-24(16-19)15-18-5-3-2-4-6-18;/h2-10,19H,11-16,22H2,1H3;1H. The van der Waals surface area contributed by atoms with Gasteiger partial charge >= 0.3 is 0 Å². The molecule has 0 bridgehead atoms. The van der Waals surface area contributed by atoms with Crippen LogP contribution < -0.4 is 5.73 Å². The number of carbonyl (C=O) groups is 1. The monoisotopic (exact) mass is 373 g/mol. The van der Waals surface area contributed by atoms with Gasteiger partial charge in [-0.2, -0.15) is 0 Å². The van der Waals surface area contributed by atoms with E-state index in [0.29, 0.717) is 12.5 Å². The maximum Gasteiger partial charge on any atom is 0.253 e. The van der Waals surface area contributed by atoms with E-state index in [9.17, 15) is 4.79 Å². The fourth-order valence-electron chi connectivity index (χ4n) is 3.52. The fraction of sp³-hybridized carbons (Fsp3) is 0.381. The molecule has 3 rings (SSSR count). The van der Waals surface area contributed by atoms with Crippen molar-refractivity contribution in [3.8, 4) is 0 Å². The first kappa shape index (κ1) is 20.4. The van der Waals surface area contributed by atoms with Crippen molar-refractivity contribution in [1.29, 1.82) is 0 Å². The molecule has 0 saturated carbocycles. The Morgan fingerprint density at radius 3 is 2.46 bits per heavy atom. The minimum absolute atomic E-state index is 0. The second kappa shape index (κ2) is 9.72. The van der Waals surface area contributed by atoms with E-state index in [1.807, 2.05) is 36.2 Å². The summed E-state index contributed by atoms with van der Waals surface area (Å²) in [5.41, 5.74) is 8.75. The van der Waals surface area contributed by atoms with E-state index in [4.69, 9.17) is 5.73 Å². The molecule has 0 aliphatic carbocycles. The van der Waals surface area contributed by atoms with Crippen LogP contribution in [0.5, 0.6) is 0 Å². The minimum Gasteiger partial charge on any atom is -0.341 e. The van der Waals surface area contributed by atoms with Crippen molar-refractivity contribution < 1.29 is 4.79 Å². The predicted molar refractivity (Wildman–Crippen MR) is 108 cm³/mol. The van der Waals surface area contributed by atoms with Crippen LogP contribution in [0, 0.1) is 5.92 Å². The van der Waals surface area contributed by atoms with Gasteiger partial charge in [-0.15, -0.1) is 12.4 Å². The van der Waals surface area contributed by atoms with Crippen molar-refractivity contribution in [2.45, 2.75) is 19.5 Å². The molecule has 1 aliphatic rings. The molecule has 1 heterocycles. The summed E-state index contributed by atoms with van der Waals surface area (Å²) in [6.45, 7) is 4.47. The number of benzene rings is 2. The zero-order valence-electron chi connectivity index (χ0n) is 15.3. The second-order valence-electron chi connectivity index (χ2n) is 6.96. The summed E-state index contributed by atoms with van der Waals surface area (Å²) in [5, 5.41) is 0. The molecule has 1 amide bonds. The zero-order chi connectivity index (χ0) is 17.6. The zero-order valence-corrected chi connectivity index (χ0v) is 16.1. The van der Waals surface area contributed by atoms with E-state index >= 15 is 0 Å². The Hall–Kier alpha value is -1.88. The van der Waals surface area contributed by atoms with Crippen LogP contribution in [0.15, 0.2) is 54.6 Å². The first-order valence-corrected chi connectivity index (χ1v) is 8.96. The van der Waals surface area contributed by atoms with Gasteiger partial charge in [0.1, 0.15) is 0 Å². The molecule has 140 valence electrons. The minimum atomic E-state index is 0. The van der Waals surface area contributed by atoms with Gasteiger partial charge in [0, 0.05) is 38.8 Å². The first-order valence-electron chi connectivity index (χ1n) is 8.96. The maximum atomic E-state index is 12.6. The quantitative estimate of drug-likeness (QED) is 0.846. The summed E-state index contributed by atoms with van der Waals surface area (Å²) >= 11 is 0. The van der Waals surface area contributed by atoms with Crippen molar-refractivity contribution in [3.05, 3.63) is 71.3 Å². The number of carbonyl (C=O) groups excluding carboxylic acids is 1. The van der Waals surface area contributed by atoms with Crippen molar-refractivity contribution in [2.75, 3.05) is 26.7 Å². The predicted octanol–water partition coefficient (Wildman–Crippen LogP) is 3.16. The molecule has 5 heteroatoms. The van der Waals surface area contributed by atoms with Crippen molar-refractivity contribution >= 4 is 18.3 Å². The van der Waals surface area contributed by atoms with Gasteiger partial charge in [0.2, 0.25) is 0 Å². The van der Waals surface area contributed by atoms with E-state index in [-0.39, 0.29) is 18.3 Å². The van der Waals surface area contributed by atoms with Crippen LogP contribution >= 0.6 is 12.4 Å². The molecular formula is C21H28ClN3O. The van der Waals surface area contributed by atoms with Gasteiger partial charge in [0.15, 0.2) is 0 Å². The number of nitrogens with two attached hydrogens (primary N) is 1. The third-order valence-corrected chi connectivity index (χ3v) is 4.93. The molecule has 2 aromatic carbocycles. The SMILES string of the molecule is CN(CC1CCN(Cc2ccccc2)C1)C(=O)c1ccc(CN)cc1.Cl. The Bertz CT molecular complexity index is 690. The summed E-state index contributed by atoms with van der Waals surface area (Å²) in [6, 6.07) is 18.2. The highest BCUT2D eigenvalue weighted by atomic mass is 35.5. The lowest BCUT2D eigenvalue weighted by Crippen LogP contribution is -2.33. The Kier molecular flexibility index (Phi) is 7.64. The Morgan fingerprint density at radius 1 is 1.12 bits per heavy atom. The van der Waals surface area contributed by atoms with E-state index in [0.717, 1.165) is 43.7 Å². The Balaban J connectivity index is 0.00000243. The van der Waals surface area contributed by atoms with Gasteiger partial charge in [-0.3, -0.25) is 9.69 Å². The summed E-state index contributed by atoms with van der Waals surface area (Å²) in [7, 11) is 1.90. The molecule has 26 heavy (non-hydrogen) atoms. The number of rotatable bonds is 6. The van der Waals surface area contributed by atoms with Crippen LogP contribution in [0.2, 0.25) is 0 Å². The van der Waals surface area contributed by atoms with Gasteiger partial charge in [-0.25, -0.2) is 0 Å². The molecule has 1 saturated heterocycles. The highest BCUT2D eigenvalue weighted by molar-refractivity contribution is 5.94. The largest absolute Gasteiger partial charge is 0.341 e. The molecule has 1 atom stereocenters. The number of likely N-dealkylation sites (tertiary alicyclic amines) is 1. The third-order valence-electron chi connectivity index (χ3n) is 4.93. The molecule has 0 radical (unpaired) electrons. The number of amides is 1. The van der Waals surface area contributed by atoms with Gasteiger partial charge in [-0.1, -0.05) is 42.5 Å². The molecule has 1 fully saturated rings. The number of hydrogen-bond acceptors (Lipinski definition) is 3. The highest BCUT2D eigenvalue weighted by Crippen LogP contribution is 2.20. The summed E-state index contributed by atoms with van der Waals surface area (Å²) in [6.07, 6.45) is 1.15. The van der Waals surface area contributed by atoms with Crippen LogP contribution in [0.25, 0.3) is 0 Å². The molecule has 4 nitrogen and oxygen atoms in total. The summed E-state index contributed by atoms with van der Waals surface area (Å²) < 4.78 is 0. The maximum absolute atomic E-state index is 12.6. The van der Waals surface area contributed by atoms with Crippen LogP contribution in [0.4, 0.5) is 0 Å². The molecule has 2 aromatic rings. The molecule has 0 aromatic heterocycles. The summed E-state index contributed by atoms with van der Waals surface area (Å²) in [4.78, 5) is 16.9. The smallest absolute Gasteiger partial charge is 0.253 e. The van der Waals surface area contributed by atoms with Gasteiger partial charge in [0.05, 0.1) is 0 Å². The molecule has 2 N–H and O–H groups in total. The van der Waals surface area contributed by atoms with Crippen LogP contribution in [-0.4, -0.2) is 42.4 Å². The lowest BCUT2D eigenvalue weighted by Gasteiger charge is -2.22. The molecule has 0 spiro atoms. The van der Waals surface area contributed by atoms with E-state index in [1.54, 1.807) is 0 Å². The van der Waals surface area contributed by atoms with Gasteiger partial charge in [-0.05, 0) is 42.1 Å². The molecule has 1 unspecified atom stereocenters. The fourth-order valence-corrected chi connectivity index (χ4v) is 3.52. The third kappa shape index (κ3) is 5.31. The van der Waals surface area contributed by atoms with Crippen molar-refractivity contribution in [2.24, 2.45) is 11.7 Å². The molecular weight excluding hydrogens is 346 g/mol. The lowest BCUT2D eigenvalue weighted by molar-refractivity contribution is 0.0773. The Labute approximate surface area is 162 Å². The van der Waals surface area contributed by atoms with Crippen LogP contribution in [-0.2, 0) is 13.1 Å². The number of nitrogens with zero attached hydrogens (tertiary/aromatic N) is 2. The normalized spacial score (nSPS) is 16.9. The first-order chi connectivity index (χ1) is 12.2. The van der Waals surface area contributed by atoms with E-state index in [2.05, 4.69) is 35.2 Å². The second-order valence-corrected chi connectivity index (χ2v) is 6.96. The van der Waals surface area contributed by atoms with Crippen LogP contribution in [0.3, 0.4) is 0 Å². The Morgan fingerprint density at radius 2 is 1.81 bits per heavy atom. The highest BCUT2D eigenvalue weighted by Gasteiger charge is 2.25. The van der Waals surface area contributed by atoms with Gasteiger partial charge in [0.25, 0.3) is 5.91 Å². The average molecular weight is 374 g/mol. The van der Waals surface area contributed by atoms with Crippen LogP contribution in [0.1, 0.15) is 27.9 Å². The topological polar surface area (TPSA) is 49.6 Å². The van der Waals surface area contributed by atoms with Crippen molar-refractivity contribution in [3.63, 3.8) is 0 Å². The van der Waals surface area contributed by atoms with E-state index < -0.39 is 0 Å². The van der Waals surface area contributed by atoms with Gasteiger partial charge < -0.3 is 10.6 Å². The average Bonchev–Trinajstić information content (AvgIpc) is 3.08. The van der Waals surface area contributed by atoms with Crippen molar-refractivity contribution in [1.82, 2.24) is 9.80 Å². The van der Waals surface area contributed by atoms with E-state index in [1.165, 1.54) is 5.56 Å². The molecule has 1 aliphatic heterocycles. The number of halogens is 1. The lowest BCUT2D eigenvalue weighted by atomic mass is 10.1. The summed E-state index contributed by atoms with van der Waals surface area (Å²) in [5.74, 6) is 0.631. The number of hydrogen-bond donors (Lipinski definition) is 1.